The largest absolute Gasteiger partial charge is 0.323 e. The first-order valence-electron chi connectivity index (χ1n) is 6.08. The Bertz CT molecular complexity index is 589. The molecular weight excluding hydrogens is 267 g/mol. The van der Waals surface area contributed by atoms with Gasteiger partial charge in [0.2, 0.25) is 5.95 Å². The average molecular weight is 281 g/mol. The fourth-order valence-electron chi connectivity index (χ4n) is 1.69. The highest BCUT2D eigenvalue weighted by Gasteiger charge is 2.07. The third-order valence-electron chi connectivity index (χ3n) is 2.68. The van der Waals surface area contributed by atoms with Crippen LogP contribution in [0.2, 0.25) is 5.02 Å². The van der Waals surface area contributed by atoms with Gasteiger partial charge in [-0.15, -0.1) is 10.2 Å². The summed E-state index contributed by atoms with van der Waals surface area (Å²) in [6.45, 7) is 4.03. The standard InChI is InChI=1S/C13H14ClFN4/c1-3-11-12(4-2)18-19-13(17-11)16-8-5-6-10(15)9(14)7-8/h5-7H,3-4H2,1-2H3,(H,16,17,19). The number of benzene rings is 1. The van der Waals surface area contributed by atoms with E-state index < -0.39 is 5.82 Å². The minimum Gasteiger partial charge on any atom is -0.323 e. The van der Waals surface area contributed by atoms with Crippen LogP contribution in [0.5, 0.6) is 0 Å². The van der Waals surface area contributed by atoms with Crippen molar-refractivity contribution in [3.8, 4) is 0 Å². The zero-order valence-corrected chi connectivity index (χ0v) is 11.5. The number of hydrogen-bond donors (Lipinski definition) is 1. The Kier molecular flexibility index (Phi) is 4.27. The van der Waals surface area contributed by atoms with Crippen molar-refractivity contribution in [1.29, 1.82) is 0 Å². The minimum absolute atomic E-state index is 0.0545. The van der Waals surface area contributed by atoms with Crippen molar-refractivity contribution in [2.45, 2.75) is 26.7 Å². The number of aryl methyl sites for hydroxylation is 2. The topological polar surface area (TPSA) is 50.7 Å². The van der Waals surface area contributed by atoms with Crippen molar-refractivity contribution < 1.29 is 4.39 Å². The van der Waals surface area contributed by atoms with Crippen molar-refractivity contribution in [2.75, 3.05) is 5.32 Å². The van der Waals surface area contributed by atoms with Crippen molar-refractivity contribution in [2.24, 2.45) is 0 Å². The van der Waals surface area contributed by atoms with Gasteiger partial charge in [0.25, 0.3) is 0 Å². The molecular formula is C13H14ClFN4. The van der Waals surface area contributed by atoms with Gasteiger partial charge < -0.3 is 5.32 Å². The molecule has 0 fully saturated rings. The van der Waals surface area contributed by atoms with Crippen LogP contribution in [0.15, 0.2) is 18.2 Å². The summed E-state index contributed by atoms with van der Waals surface area (Å²) in [6, 6.07) is 4.35. The molecule has 19 heavy (non-hydrogen) atoms. The van der Waals surface area contributed by atoms with Crippen LogP contribution in [0.3, 0.4) is 0 Å². The van der Waals surface area contributed by atoms with Crippen molar-refractivity contribution in [3.63, 3.8) is 0 Å². The van der Waals surface area contributed by atoms with E-state index in [1.165, 1.54) is 12.1 Å². The summed E-state index contributed by atoms with van der Waals surface area (Å²) in [6.07, 6.45) is 1.59. The van der Waals surface area contributed by atoms with Gasteiger partial charge in [0.05, 0.1) is 16.4 Å². The maximum Gasteiger partial charge on any atom is 0.247 e. The van der Waals surface area contributed by atoms with Gasteiger partial charge in [0, 0.05) is 5.69 Å². The molecule has 0 unspecified atom stereocenters. The quantitative estimate of drug-likeness (QED) is 0.931. The van der Waals surface area contributed by atoms with Crippen molar-refractivity contribution in [3.05, 3.63) is 40.4 Å². The molecule has 0 bridgehead atoms. The molecule has 0 saturated heterocycles. The highest BCUT2D eigenvalue weighted by atomic mass is 35.5. The van der Waals surface area contributed by atoms with Crippen LogP contribution in [0.4, 0.5) is 16.0 Å². The third-order valence-corrected chi connectivity index (χ3v) is 2.97. The number of halogens is 2. The van der Waals surface area contributed by atoms with Gasteiger partial charge in [0.15, 0.2) is 0 Å². The number of anilines is 2. The minimum atomic E-state index is -0.457. The van der Waals surface area contributed by atoms with Crippen LogP contribution >= 0.6 is 11.6 Å². The second-order valence-electron chi connectivity index (χ2n) is 3.99. The van der Waals surface area contributed by atoms with Gasteiger partial charge in [0.1, 0.15) is 5.82 Å². The molecule has 1 N–H and O–H groups in total. The molecule has 0 aliphatic rings. The SMILES string of the molecule is CCc1nnc(Nc2ccc(F)c(Cl)c2)nc1CC. The predicted octanol–water partition coefficient (Wildman–Crippen LogP) is 3.53. The third kappa shape index (κ3) is 3.17. The van der Waals surface area contributed by atoms with Crippen LogP contribution < -0.4 is 5.32 Å². The lowest BCUT2D eigenvalue weighted by atomic mass is 10.2. The summed E-state index contributed by atoms with van der Waals surface area (Å²) in [5.74, 6) is -0.0708. The molecule has 0 amide bonds. The molecule has 100 valence electrons. The van der Waals surface area contributed by atoms with E-state index in [0.29, 0.717) is 11.6 Å². The molecule has 4 nitrogen and oxygen atoms in total. The first kappa shape index (κ1) is 13.7. The van der Waals surface area contributed by atoms with Gasteiger partial charge in [-0.25, -0.2) is 9.37 Å². The summed E-state index contributed by atoms with van der Waals surface area (Å²) >= 11 is 5.71. The fourth-order valence-corrected chi connectivity index (χ4v) is 1.87. The van der Waals surface area contributed by atoms with E-state index in [2.05, 4.69) is 20.5 Å². The van der Waals surface area contributed by atoms with E-state index in [1.54, 1.807) is 6.07 Å². The normalized spacial score (nSPS) is 10.5. The first-order chi connectivity index (χ1) is 9.13. The zero-order chi connectivity index (χ0) is 13.8. The average Bonchev–Trinajstić information content (AvgIpc) is 2.43. The number of aromatic nitrogens is 3. The number of nitrogens with zero attached hydrogens (tertiary/aromatic N) is 3. The van der Waals surface area contributed by atoms with E-state index in [-0.39, 0.29) is 5.02 Å². The maximum atomic E-state index is 13.1. The molecule has 1 heterocycles. The van der Waals surface area contributed by atoms with E-state index in [9.17, 15) is 4.39 Å². The molecule has 0 radical (unpaired) electrons. The van der Waals surface area contributed by atoms with E-state index in [4.69, 9.17) is 11.6 Å². The second kappa shape index (κ2) is 5.93. The summed E-state index contributed by atoms with van der Waals surface area (Å²) in [5, 5.41) is 11.1. The predicted molar refractivity (Wildman–Crippen MR) is 73.3 cm³/mol. The molecule has 2 rings (SSSR count). The molecule has 0 saturated carbocycles. The Balaban J connectivity index is 2.25. The van der Waals surface area contributed by atoms with E-state index >= 15 is 0 Å². The number of nitrogens with one attached hydrogen (secondary N) is 1. The number of hydrogen-bond acceptors (Lipinski definition) is 4. The van der Waals surface area contributed by atoms with Crippen molar-refractivity contribution >= 4 is 23.2 Å². The smallest absolute Gasteiger partial charge is 0.247 e. The Hall–Kier alpha value is -1.75. The zero-order valence-electron chi connectivity index (χ0n) is 10.7. The molecule has 0 aliphatic heterocycles. The van der Waals surface area contributed by atoms with Crippen LogP contribution in [0.25, 0.3) is 0 Å². The summed E-state index contributed by atoms with van der Waals surface area (Å²) in [5.41, 5.74) is 2.43. The lowest BCUT2D eigenvalue weighted by Gasteiger charge is -2.08. The highest BCUT2D eigenvalue weighted by molar-refractivity contribution is 6.31. The van der Waals surface area contributed by atoms with E-state index in [0.717, 1.165) is 24.2 Å². The Morgan fingerprint density at radius 2 is 1.89 bits per heavy atom. The summed E-state index contributed by atoms with van der Waals surface area (Å²) in [7, 11) is 0. The van der Waals surface area contributed by atoms with Crippen LogP contribution in [-0.4, -0.2) is 15.2 Å². The Labute approximate surface area is 116 Å². The molecule has 1 aromatic heterocycles. The van der Waals surface area contributed by atoms with Gasteiger partial charge >= 0.3 is 0 Å². The van der Waals surface area contributed by atoms with E-state index in [1.807, 2.05) is 13.8 Å². The second-order valence-corrected chi connectivity index (χ2v) is 4.40. The summed E-state index contributed by atoms with van der Waals surface area (Å²) < 4.78 is 13.1. The molecule has 0 spiro atoms. The number of rotatable bonds is 4. The summed E-state index contributed by atoms with van der Waals surface area (Å²) in [4.78, 5) is 4.39. The first-order valence-corrected chi connectivity index (χ1v) is 6.46. The Morgan fingerprint density at radius 1 is 1.16 bits per heavy atom. The lowest BCUT2D eigenvalue weighted by Crippen LogP contribution is -2.06. The Morgan fingerprint density at radius 3 is 2.53 bits per heavy atom. The van der Waals surface area contributed by atoms with Crippen LogP contribution in [-0.2, 0) is 12.8 Å². The highest BCUT2D eigenvalue weighted by Crippen LogP contribution is 2.21. The maximum absolute atomic E-state index is 13.1. The van der Waals surface area contributed by atoms with Crippen molar-refractivity contribution in [1.82, 2.24) is 15.2 Å². The molecule has 2 aromatic rings. The fraction of sp³-hybridized carbons (Fsp3) is 0.308. The van der Waals surface area contributed by atoms with Gasteiger partial charge in [-0.3, -0.25) is 0 Å². The van der Waals surface area contributed by atoms with Gasteiger partial charge in [-0.05, 0) is 31.0 Å². The van der Waals surface area contributed by atoms with Crippen LogP contribution in [0.1, 0.15) is 25.2 Å². The molecule has 1 aromatic carbocycles. The molecule has 6 heteroatoms. The van der Waals surface area contributed by atoms with Gasteiger partial charge in [-0.1, -0.05) is 25.4 Å². The lowest BCUT2D eigenvalue weighted by molar-refractivity contribution is 0.628. The molecule has 0 atom stereocenters. The monoisotopic (exact) mass is 280 g/mol. The van der Waals surface area contributed by atoms with Crippen LogP contribution in [0, 0.1) is 5.82 Å². The van der Waals surface area contributed by atoms with Gasteiger partial charge in [-0.2, -0.15) is 0 Å². The molecule has 0 aliphatic carbocycles.